The molecule has 1 rings (SSSR count). The van der Waals surface area contributed by atoms with E-state index in [-0.39, 0.29) is 12.1 Å². The molecule has 0 aliphatic carbocycles. The fourth-order valence-electron chi connectivity index (χ4n) is 6.36. The maximum Gasteiger partial charge on any atom is 0.415 e. The summed E-state index contributed by atoms with van der Waals surface area (Å²) >= 11 is 0. The fourth-order valence-corrected chi connectivity index (χ4v) is 11.8. The first-order chi connectivity index (χ1) is 20.7. The zero-order valence-corrected chi connectivity index (χ0v) is 30.2. The SMILES string of the molecule is CC(C)N(C(=O)O/C=C\[C@H](C)[C@H](O)[C@H](CCO[Si](C(C)C)(C(C)C)C(C)C)[C@H](O)C#CCCOCc1ccccc1)C(C)C. The van der Waals surface area contributed by atoms with Gasteiger partial charge >= 0.3 is 6.09 Å². The minimum Gasteiger partial charge on any atom is -0.418 e. The highest BCUT2D eigenvalue weighted by molar-refractivity contribution is 6.77. The van der Waals surface area contributed by atoms with E-state index >= 15 is 0 Å². The van der Waals surface area contributed by atoms with Gasteiger partial charge in [0.05, 0.1) is 25.6 Å². The van der Waals surface area contributed by atoms with Crippen LogP contribution in [0.5, 0.6) is 0 Å². The van der Waals surface area contributed by atoms with E-state index in [4.69, 9.17) is 13.9 Å². The van der Waals surface area contributed by atoms with Gasteiger partial charge in [0.15, 0.2) is 8.32 Å². The number of ether oxygens (including phenoxy) is 2. The molecule has 0 unspecified atom stereocenters. The molecule has 0 fully saturated rings. The van der Waals surface area contributed by atoms with Gasteiger partial charge in [0.2, 0.25) is 0 Å². The second-order valence-corrected chi connectivity index (χ2v) is 18.8. The Bertz CT molecular complexity index is 1000. The molecule has 0 bridgehead atoms. The van der Waals surface area contributed by atoms with Gasteiger partial charge in [0, 0.05) is 36.9 Å². The molecule has 7 nitrogen and oxygen atoms in total. The Hall–Kier alpha value is -2.15. The summed E-state index contributed by atoms with van der Waals surface area (Å²) in [4.78, 5) is 14.3. The van der Waals surface area contributed by atoms with Crippen LogP contribution in [0.25, 0.3) is 0 Å². The molecule has 1 amide bonds. The summed E-state index contributed by atoms with van der Waals surface area (Å²) in [5.74, 6) is 5.04. The highest BCUT2D eigenvalue weighted by Gasteiger charge is 2.45. The van der Waals surface area contributed by atoms with Gasteiger partial charge in [-0.15, -0.1) is 0 Å². The van der Waals surface area contributed by atoms with Crippen LogP contribution in [0.15, 0.2) is 42.7 Å². The van der Waals surface area contributed by atoms with Crippen molar-refractivity contribution in [2.24, 2.45) is 11.8 Å². The van der Waals surface area contributed by atoms with Crippen LogP contribution in [-0.4, -0.2) is 67.0 Å². The molecule has 8 heteroatoms. The molecule has 0 saturated carbocycles. The summed E-state index contributed by atoms with van der Waals surface area (Å²) in [6, 6.07) is 9.95. The van der Waals surface area contributed by atoms with Crippen LogP contribution >= 0.6 is 0 Å². The number of hydrogen-bond donors (Lipinski definition) is 2. The van der Waals surface area contributed by atoms with Crippen molar-refractivity contribution in [3.05, 3.63) is 48.2 Å². The Morgan fingerprint density at radius 3 is 1.98 bits per heavy atom. The molecule has 0 heterocycles. The van der Waals surface area contributed by atoms with Gasteiger partial charge in [-0.2, -0.15) is 0 Å². The largest absolute Gasteiger partial charge is 0.418 e. The number of hydrogen-bond acceptors (Lipinski definition) is 6. The van der Waals surface area contributed by atoms with Crippen LogP contribution in [0.4, 0.5) is 4.79 Å². The number of nitrogens with zero attached hydrogens (tertiary/aromatic N) is 1. The first-order valence-corrected chi connectivity index (χ1v) is 18.6. The highest BCUT2D eigenvalue weighted by atomic mass is 28.4. The van der Waals surface area contributed by atoms with E-state index < -0.39 is 38.5 Å². The lowest BCUT2D eigenvalue weighted by Gasteiger charge is -2.42. The van der Waals surface area contributed by atoms with E-state index in [0.29, 0.717) is 49.3 Å². The molecular formula is C36H61NO6Si. The van der Waals surface area contributed by atoms with Gasteiger partial charge in [0.25, 0.3) is 0 Å². The second kappa shape index (κ2) is 20.1. The van der Waals surface area contributed by atoms with E-state index in [1.165, 1.54) is 6.26 Å². The predicted molar refractivity (Wildman–Crippen MR) is 183 cm³/mol. The predicted octanol–water partition coefficient (Wildman–Crippen LogP) is 7.92. The van der Waals surface area contributed by atoms with Crippen molar-refractivity contribution in [3.8, 4) is 11.8 Å². The highest BCUT2D eigenvalue weighted by Crippen LogP contribution is 2.42. The average molecular weight is 632 g/mol. The lowest BCUT2D eigenvalue weighted by molar-refractivity contribution is 0.00606. The number of aliphatic hydroxyl groups excluding tert-OH is 2. The Morgan fingerprint density at radius 1 is 0.886 bits per heavy atom. The summed E-state index contributed by atoms with van der Waals surface area (Å²) in [5, 5.41) is 22.6. The minimum atomic E-state index is -2.11. The Labute approximate surface area is 269 Å². The zero-order chi connectivity index (χ0) is 33.4. The van der Waals surface area contributed by atoms with Gasteiger partial charge < -0.3 is 29.0 Å². The van der Waals surface area contributed by atoms with Crippen molar-refractivity contribution in [2.75, 3.05) is 13.2 Å². The summed E-state index contributed by atoms with van der Waals surface area (Å²) in [7, 11) is -2.11. The van der Waals surface area contributed by atoms with E-state index in [1.807, 2.05) is 65.0 Å². The van der Waals surface area contributed by atoms with Crippen LogP contribution in [0.2, 0.25) is 16.6 Å². The van der Waals surface area contributed by atoms with Crippen LogP contribution in [0, 0.1) is 23.7 Å². The Kier molecular flexibility index (Phi) is 18.2. The van der Waals surface area contributed by atoms with Crippen LogP contribution in [0.3, 0.4) is 0 Å². The van der Waals surface area contributed by atoms with Gasteiger partial charge in [-0.25, -0.2) is 4.79 Å². The zero-order valence-electron chi connectivity index (χ0n) is 29.2. The number of rotatable bonds is 18. The summed E-state index contributed by atoms with van der Waals surface area (Å²) in [6.07, 6.45) is 1.53. The van der Waals surface area contributed by atoms with Crippen molar-refractivity contribution < 1.29 is 28.9 Å². The molecule has 0 spiro atoms. The first kappa shape index (κ1) is 39.9. The molecule has 0 aromatic heterocycles. The number of carbonyl (C=O) groups is 1. The molecular weight excluding hydrogens is 570 g/mol. The lowest BCUT2D eigenvalue weighted by Crippen LogP contribution is -2.48. The monoisotopic (exact) mass is 631 g/mol. The van der Waals surface area contributed by atoms with Crippen LogP contribution < -0.4 is 0 Å². The summed E-state index contributed by atoms with van der Waals surface area (Å²) in [6.45, 7) is 24.5. The molecule has 0 aliphatic heterocycles. The molecule has 0 aliphatic rings. The smallest absolute Gasteiger partial charge is 0.415 e. The normalized spacial score (nSPS) is 15.1. The summed E-state index contributed by atoms with van der Waals surface area (Å²) < 4.78 is 17.9. The standard InChI is InChI=1S/C36H61NO6Si/c1-26(2)37(27(3)4)36(40)42-23-20-31(11)35(39)33(21-24-43-44(28(5)6,29(7)8)30(9)10)34(38)19-15-16-22-41-25-32-17-13-12-14-18-32/h12-14,17-18,20,23,26-31,33-35,38-39H,16,21-22,24-25H2,1-11H3/b23-20-/t31-,33+,34+,35-/m0/s1. The van der Waals surface area contributed by atoms with Crippen molar-refractivity contribution in [2.45, 2.75) is 137 Å². The topological polar surface area (TPSA) is 88.5 Å². The van der Waals surface area contributed by atoms with Gasteiger partial charge in [-0.1, -0.05) is 90.6 Å². The third-order valence-electron chi connectivity index (χ3n) is 8.50. The van der Waals surface area contributed by atoms with E-state index in [2.05, 4.69) is 53.4 Å². The number of carbonyl (C=O) groups excluding carboxylic acids is 1. The molecule has 1 aromatic carbocycles. The maximum absolute atomic E-state index is 12.6. The maximum atomic E-state index is 12.6. The molecule has 0 saturated heterocycles. The van der Waals surface area contributed by atoms with Crippen molar-refractivity contribution >= 4 is 14.4 Å². The van der Waals surface area contributed by atoms with Gasteiger partial charge in [0.1, 0.15) is 6.10 Å². The molecule has 1 aromatic rings. The number of benzene rings is 1. The number of amides is 1. The minimum absolute atomic E-state index is 0.000980. The molecule has 2 N–H and O–H groups in total. The lowest BCUT2D eigenvalue weighted by atomic mass is 9.85. The fraction of sp³-hybridized carbons (Fsp3) is 0.694. The van der Waals surface area contributed by atoms with Crippen molar-refractivity contribution in [1.29, 1.82) is 0 Å². The first-order valence-electron chi connectivity index (χ1n) is 16.4. The van der Waals surface area contributed by atoms with E-state index in [1.54, 1.807) is 11.0 Å². The van der Waals surface area contributed by atoms with Gasteiger partial charge in [-0.05, 0) is 62.4 Å². The second-order valence-electron chi connectivity index (χ2n) is 13.3. The van der Waals surface area contributed by atoms with Crippen LogP contribution in [-0.2, 0) is 20.5 Å². The van der Waals surface area contributed by atoms with E-state index in [0.717, 1.165) is 5.56 Å². The average Bonchev–Trinajstić information content (AvgIpc) is 2.94. The third-order valence-corrected chi connectivity index (χ3v) is 14.6. The summed E-state index contributed by atoms with van der Waals surface area (Å²) in [5.41, 5.74) is 2.39. The van der Waals surface area contributed by atoms with Crippen molar-refractivity contribution in [3.63, 3.8) is 0 Å². The van der Waals surface area contributed by atoms with Gasteiger partial charge in [-0.3, -0.25) is 0 Å². The Balaban J connectivity index is 3.00. The number of aliphatic hydroxyl groups is 2. The Morgan fingerprint density at radius 2 is 1.45 bits per heavy atom. The molecule has 0 radical (unpaired) electrons. The quantitative estimate of drug-likeness (QED) is 0.0741. The molecule has 4 atom stereocenters. The van der Waals surface area contributed by atoms with E-state index in [9.17, 15) is 15.0 Å². The molecule has 250 valence electrons. The molecule has 44 heavy (non-hydrogen) atoms. The third kappa shape index (κ3) is 12.3. The van der Waals surface area contributed by atoms with Crippen LogP contribution in [0.1, 0.15) is 94.6 Å². The van der Waals surface area contributed by atoms with Crippen molar-refractivity contribution in [1.82, 2.24) is 4.90 Å².